The average Bonchev–Trinajstić information content (AvgIpc) is 3.29. The number of unbranched alkanes of at least 4 members (excludes halogenated alkanes) is 46. The van der Waals surface area contributed by atoms with Gasteiger partial charge in [-0.3, -0.25) is 4.79 Å². The number of aliphatic hydroxyl groups excluding tert-OH is 3. The molecule has 0 aliphatic carbocycles. The number of aliphatic hydroxyl groups is 3. The summed E-state index contributed by atoms with van der Waals surface area (Å²) in [5.74, 6) is -0.307. The lowest BCUT2D eigenvalue weighted by Gasteiger charge is -2.21. The lowest BCUT2D eigenvalue weighted by Crippen LogP contribution is -2.45. The minimum Gasteiger partial charge on any atom is -0.394 e. The number of rotatable bonds is 55. The fourth-order valence-corrected chi connectivity index (χ4v) is 9.58. The highest BCUT2D eigenvalue weighted by Gasteiger charge is 2.20. The predicted molar refractivity (Wildman–Crippen MR) is 282 cm³/mol. The maximum absolute atomic E-state index is 12.5. The van der Waals surface area contributed by atoms with E-state index in [-0.39, 0.29) is 18.9 Å². The molecule has 3 unspecified atom stereocenters. The molecule has 382 valence electrons. The molecule has 0 spiro atoms. The zero-order valence-electron chi connectivity index (χ0n) is 43.7. The Labute approximate surface area is 401 Å². The van der Waals surface area contributed by atoms with Gasteiger partial charge in [0.25, 0.3) is 0 Å². The van der Waals surface area contributed by atoms with Gasteiger partial charge in [-0.25, -0.2) is 0 Å². The van der Waals surface area contributed by atoms with Gasteiger partial charge in [0, 0.05) is 0 Å². The van der Waals surface area contributed by atoms with E-state index in [9.17, 15) is 20.1 Å². The van der Waals surface area contributed by atoms with Crippen molar-refractivity contribution in [3.63, 3.8) is 0 Å². The van der Waals surface area contributed by atoms with Crippen molar-refractivity contribution in [2.24, 2.45) is 0 Å². The molecule has 3 atom stereocenters. The van der Waals surface area contributed by atoms with Crippen LogP contribution in [0.1, 0.15) is 335 Å². The van der Waals surface area contributed by atoms with E-state index < -0.39 is 18.2 Å². The van der Waals surface area contributed by atoms with Crippen molar-refractivity contribution in [1.29, 1.82) is 0 Å². The van der Waals surface area contributed by atoms with Crippen LogP contribution in [0.3, 0.4) is 0 Å². The first kappa shape index (κ1) is 63.1. The largest absolute Gasteiger partial charge is 0.394 e. The summed E-state index contributed by atoms with van der Waals surface area (Å²) in [6.45, 7) is 4.26. The molecule has 5 heteroatoms. The summed E-state index contributed by atoms with van der Waals surface area (Å²) in [7, 11) is 0. The average molecular weight is 905 g/mol. The highest BCUT2D eigenvalue weighted by Crippen LogP contribution is 2.18. The van der Waals surface area contributed by atoms with Crippen molar-refractivity contribution < 1.29 is 20.1 Å². The minimum atomic E-state index is -0.926. The normalized spacial score (nSPS) is 13.3. The summed E-state index contributed by atoms with van der Waals surface area (Å²) in [5, 5.41) is 33.5. The quantitative estimate of drug-likeness (QED) is 0.0362. The third kappa shape index (κ3) is 50.5. The van der Waals surface area contributed by atoms with E-state index in [2.05, 4.69) is 19.2 Å². The molecule has 5 nitrogen and oxygen atoms in total. The van der Waals surface area contributed by atoms with Gasteiger partial charge >= 0.3 is 0 Å². The first-order valence-corrected chi connectivity index (χ1v) is 29.5. The van der Waals surface area contributed by atoms with Crippen LogP contribution in [-0.2, 0) is 4.79 Å². The zero-order chi connectivity index (χ0) is 46.5. The molecule has 0 aromatic rings. The summed E-state index contributed by atoms with van der Waals surface area (Å²) < 4.78 is 0. The van der Waals surface area contributed by atoms with Crippen molar-refractivity contribution in [3.8, 4) is 0 Å². The fraction of sp³-hybridized carbons (Fsp3) is 0.949. The molecule has 0 heterocycles. The van der Waals surface area contributed by atoms with E-state index in [4.69, 9.17) is 0 Å². The summed E-state index contributed by atoms with van der Waals surface area (Å²) >= 11 is 0. The molecule has 0 aliphatic heterocycles. The summed E-state index contributed by atoms with van der Waals surface area (Å²) in [6, 6.07) is -0.741. The highest BCUT2D eigenvalue weighted by molar-refractivity contribution is 5.76. The highest BCUT2D eigenvalue weighted by atomic mass is 16.3. The Hall–Kier alpha value is -0.910. The third-order valence-corrected chi connectivity index (χ3v) is 14.1. The van der Waals surface area contributed by atoms with E-state index in [0.29, 0.717) is 6.42 Å². The molecule has 0 aromatic carbocycles. The van der Waals surface area contributed by atoms with Crippen molar-refractivity contribution >= 4 is 5.91 Å². The van der Waals surface area contributed by atoms with Gasteiger partial charge in [0.05, 0.1) is 31.3 Å². The second-order valence-corrected chi connectivity index (χ2v) is 20.6. The Morgan fingerprint density at radius 1 is 0.391 bits per heavy atom. The molecule has 0 fully saturated rings. The number of allylic oxidation sites excluding steroid dienone is 1. The van der Waals surface area contributed by atoms with Gasteiger partial charge < -0.3 is 20.6 Å². The van der Waals surface area contributed by atoms with Crippen LogP contribution in [0.2, 0.25) is 0 Å². The number of hydrogen-bond donors (Lipinski definition) is 4. The minimum absolute atomic E-state index is 0.0196. The van der Waals surface area contributed by atoms with Crippen LogP contribution in [-0.4, -0.2) is 46.1 Å². The number of carbonyl (C=O) groups is 1. The smallest absolute Gasteiger partial charge is 0.222 e. The van der Waals surface area contributed by atoms with E-state index in [1.54, 1.807) is 6.08 Å². The van der Waals surface area contributed by atoms with Gasteiger partial charge in [-0.2, -0.15) is 0 Å². The van der Waals surface area contributed by atoms with Crippen LogP contribution in [0.5, 0.6) is 0 Å². The number of nitrogens with one attached hydrogen (secondary N) is 1. The van der Waals surface area contributed by atoms with Crippen LogP contribution in [0.25, 0.3) is 0 Å². The van der Waals surface area contributed by atoms with Gasteiger partial charge in [-0.15, -0.1) is 0 Å². The molecule has 0 bridgehead atoms. The molecule has 0 saturated heterocycles. The van der Waals surface area contributed by atoms with Gasteiger partial charge in [0.2, 0.25) is 5.91 Å². The SMILES string of the molecule is CCCCCCCCCCCCCCCCCCCCCCCCC/C=C/C(O)C(CO)NC(=O)CC(O)CCCCCCCCCCCCCCCCCCCCCCCCCC. The first-order chi connectivity index (χ1) is 31.5. The Balaban J connectivity index is 3.52. The number of carbonyl (C=O) groups excluding carboxylic acids is 1. The lowest BCUT2D eigenvalue weighted by atomic mass is 10.0. The van der Waals surface area contributed by atoms with Crippen LogP contribution < -0.4 is 5.32 Å². The van der Waals surface area contributed by atoms with Crippen molar-refractivity contribution in [2.75, 3.05) is 6.61 Å². The standard InChI is InChI=1S/C59H117NO4/c1-3-5-7-9-11-13-15-17-19-21-23-25-27-29-31-33-35-37-39-41-43-45-47-49-51-53-58(63)57(55-61)60-59(64)54-56(62)52-50-48-46-44-42-40-38-36-34-32-30-28-26-24-22-20-18-16-14-12-10-8-6-4-2/h51,53,56-58,61-63H,3-50,52,54-55H2,1-2H3,(H,60,64)/b53-51+. The van der Waals surface area contributed by atoms with E-state index >= 15 is 0 Å². The predicted octanol–water partition coefficient (Wildman–Crippen LogP) is 18.3. The fourth-order valence-electron chi connectivity index (χ4n) is 9.58. The van der Waals surface area contributed by atoms with E-state index in [1.165, 1.54) is 283 Å². The Bertz CT molecular complexity index is 909. The molecule has 0 aliphatic rings. The summed E-state index contributed by atoms with van der Waals surface area (Å²) in [6.07, 6.45) is 68.4. The van der Waals surface area contributed by atoms with Crippen LogP contribution in [0.4, 0.5) is 0 Å². The zero-order valence-corrected chi connectivity index (χ0v) is 43.7. The molecular formula is C59H117NO4. The molecule has 0 radical (unpaired) electrons. The molecule has 0 saturated carbocycles. The maximum atomic E-state index is 12.5. The topological polar surface area (TPSA) is 89.8 Å². The van der Waals surface area contributed by atoms with Gasteiger partial charge in [-0.1, -0.05) is 321 Å². The summed E-state index contributed by atoms with van der Waals surface area (Å²) in [5.41, 5.74) is 0. The van der Waals surface area contributed by atoms with Gasteiger partial charge in [0.15, 0.2) is 0 Å². The van der Waals surface area contributed by atoms with Crippen molar-refractivity contribution in [1.82, 2.24) is 5.32 Å². The monoisotopic (exact) mass is 904 g/mol. The van der Waals surface area contributed by atoms with Crippen LogP contribution in [0, 0.1) is 0 Å². The van der Waals surface area contributed by atoms with Gasteiger partial charge in [0.1, 0.15) is 0 Å². The maximum Gasteiger partial charge on any atom is 0.222 e. The van der Waals surface area contributed by atoms with Crippen molar-refractivity contribution in [3.05, 3.63) is 12.2 Å². The Morgan fingerprint density at radius 2 is 0.641 bits per heavy atom. The van der Waals surface area contributed by atoms with Gasteiger partial charge in [-0.05, 0) is 19.3 Å². The molecule has 0 aromatic heterocycles. The van der Waals surface area contributed by atoms with Crippen molar-refractivity contribution in [2.45, 2.75) is 353 Å². The summed E-state index contributed by atoms with van der Waals surface area (Å²) in [4.78, 5) is 12.5. The Kier molecular flexibility index (Phi) is 53.9. The first-order valence-electron chi connectivity index (χ1n) is 29.5. The number of amides is 1. The van der Waals surface area contributed by atoms with E-state index in [1.807, 2.05) is 6.08 Å². The molecule has 4 N–H and O–H groups in total. The number of hydrogen-bond acceptors (Lipinski definition) is 4. The third-order valence-electron chi connectivity index (χ3n) is 14.1. The second-order valence-electron chi connectivity index (χ2n) is 20.6. The lowest BCUT2D eigenvalue weighted by molar-refractivity contribution is -0.124. The second kappa shape index (κ2) is 54.7. The van der Waals surface area contributed by atoms with Crippen LogP contribution in [0.15, 0.2) is 12.2 Å². The van der Waals surface area contributed by atoms with Crippen LogP contribution >= 0.6 is 0 Å². The molecule has 0 rings (SSSR count). The molecule has 1 amide bonds. The Morgan fingerprint density at radius 3 is 0.906 bits per heavy atom. The molecular weight excluding hydrogens is 787 g/mol. The van der Waals surface area contributed by atoms with E-state index in [0.717, 1.165) is 25.7 Å². The molecule has 64 heavy (non-hydrogen) atoms.